The van der Waals surface area contributed by atoms with Crippen molar-refractivity contribution < 1.29 is 19.2 Å². The highest BCUT2D eigenvalue weighted by Crippen LogP contribution is 2.37. The maximum absolute atomic E-state index is 10.8. The van der Waals surface area contributed by atoms with Gasteiger partial charge in [0.15, 0.2) is 5.76 Å². The number of carboxylic acid groups (broad SMARTS) is 1. The summed E-state index contributed by atoms with van der Waals surface area (Å²) in [5, 5.41) is 12.4. The summed E-state index contributed by atoms with van der Waals surface area (Å²) in [6.45, 7) is 3.01. The van der Waals surface area contributed by atoms with Crippen LogP contribution < -0.4 is 0 Å². The molecule has 14 heavy (non-hydrogen) atoms. The highest BCUT2D eigenvalue weighted by Gasteiger charge is 2.44. The summed E-state index contributed by atoms with van der Waals surface area (Å²) in [5.41, 5.74) is -0.125. The topological polar surface area (TPSA) is 72.6 Å². The molecule has 76 valence electrons. The van der Waals surface area contributed by atoms with Crippen molar-refractivity contribution >= 4 is 5.97 Å². The van der Waals surface area contributed by atoms with E-state index < -0.39 is 5.97 Å². The third kappa shape index (κ3) is 1.13. The van der Waals surface area contributed by atoms with E-state index in [1.54, 1.807) is 0 Å². The Kier molecular flexibility index (Phi) is 2.03. The molecule has 0 unspecified atom stereocenters. The van der Waals surface area contributed by atoms with Crippen LogP contribution in [0.15, 0.2) is 10.7 Å². The van der Waals surface area contributed by atoms with Crippen LogP contribution in [0.3, 0.4) is 0 Å². The third-order valence-corrected chi connectivity index (χ3v) is 2.72. The van der Waals surface area contributed by atoms with Gasteiger partial charge in [0.25, 0.3) is 0 Å². The molecule has 2 heterocycles. The van der Waals surface area contributed by atoms with Gasteiger partial charge in [-0.25, -0.2) is 4.79 Å². The van der Waals surface area contributed by atoms with Gasteiger partial charge >= 0.3 is 5.97 Å². The molecule has 1 N–H and O–H groups in total. The van der Waals surface area contributed by atoms with Crippen molar-refractivity contribution in [2.75, 3.05) is 13.2 Å². The Labute approximate surface area is 80.6 Å². The van der Waals surface area contributed by atoms with Crippen LogP contribution in [-0.4, -0.2) is 29.4 Å². The van der Waals surface area contributed by atoms with Gasteiger partial charge in [0, 0.05) is 0 Å². The molecule has 5 nitrogen and oxygen atoms in total. The standard InChI is InChI=1S/C9H11NO4/c1-2-9(4-13-5-9)7-6(8(11)12)3-10-14-7/h3H,2,4-5H2,1H3,(H,11,12). The van der Waals surface area contributed by atoms with Crippen molar-refractivity contribution in [1.82, 2.24) is 5.16 Å². The van der Waals surface area contributed by atoms with Gasteiger partial charge in [0.1, 0.15) is 5.56 Å². The molecule has 0 aromatic carbocycles. The second kappa shape index (κ2) is 3.09. The fourth-order valence-electron chi connectivity index (χ4n) is 1.62. The highest BCUT2D eigenvalue weighted by atomic mass is 16.5. The number of hydrogen-bond donors (Lipinski definition) is 1. The molecule has 1 aliphatic rings. The summed E-state index contributed by atoms with van der Waals surface area (Å²) >= 11 is 0. The summed E-state index contributed by atoms with van der Waals surface area (Å²) in [5.74, 6) is -0.556. The van der Waals surface area contributed by atoms with E-state index in [1.807, 2.05) is 6.92 Å². The van der Waals surface area contributed by atoms with Crippen LogP contribution in [0.4, 0.5) is 0 Å². The quantitative estimate of drug-likeness (QED) is 0.784. The van der Waals surface area contributed by atoms with E-state index in [4.69, 9.17) is 14.4 Å². The first-order valence-electron chi connectivity index (χ1n) is 4.46. The average Bonchev–Trinajstić information content (AvgIpc) is 2.52. The molecular formula is C9H11NO4. The number of carbonyl (C=O) groups is 1. The highest BCUT2D eigenvalue weighted by molar-refractivity contribution is 5.88. The smallest absolute Gasteiger partial charge is 0.340 e. The molecule has 0 aliphatic carbocycles. The maximum atomic E-state index is 10.8. The number of aromatic carboxylic acids is 1. The Hall–Kier alpha value is -1.36. The van der Waals surface area contributed by atoms with Gasteiger partial charge in [-0.1, -0.05) is 12.1 Å². The Morgan fingerprint density at radius 2 is 2.43 bits per heavy atom. The molecule has 2 rings (SSSR count). The third-order valence-electron chi connectivity index (χ3n) is 2.72. The van der Waals surface area contributed by atoms with Crippen LogP contribution in [0.2, 0.25) is 0 Å². The first kappa shape index (κ1) is 9.21. The summed E-state index contributed by atoms with van der Waals surface area (Å²) in [6.07, 6.45) is 2.04. The number of carboxylic acids is 1. The molecule has 0 bridgehead atoms. The molecule has 0 radical (unpaired) electrons. The first-order chi connectivity index (χ1) is 6.69. The van der Waals surface area contributed by atoms with Crippen molar-refractivity contribution in [2.45, 2.75) is 18.8 Å². The number of aromatic nitrogens is 1. The Balaban J connectivity index is 2.39. The van der Waals surface area contributed by atoms with E-state index in [0.29, 0.717) is 19.0 Å². The minimum atomic E-state index is -0.999. The molecule has 5 heteroatoms. The molecule has 1 saturated heterocycles. The van der Waals surface area contributed by atoms with Crippen LogP contribution >= 0.6 is 0 Å². The Morgan fingerprint density at radius 3 is 2.86 bits per heavy atom. The molecule has 1 fully saturated rings. The zero-order valence-corrected chi connectivity index (χ0v) is 7.82. The van der Waals surface area contributed by atoms with Crippen molar-refractivity contribution in [3.8, 4) is 0 Å². The summed E-state index contributed by atoms with van der Waals surface area (Å²) in [7, 11) is 0. The molecule has 1 aliphatic heterocycles. The SMILES string of the molecule is CCC1(c2oncc2C(=O)O)COC1. The number of nitrogens with zero attached hydrogens (tertiary/aromatic N) is 1. The lowest BCUT2D eigenvalue weighted by molar-refractivity contribution is -0.0743. The second-order valence-electron chi connectivity index (χ2n) is 3.50. The van der Waals surface area contributed by atoms with E-state index >= 15 is 0 Å². The molecule has 1 aromatic heterocycles. The van der Waals surface area contributed by atoms with Crippen molar-refractivity contribution in [1.29, 1.82) is 0 Å². The van der Waals surface area contributed by atoms with Crippen molar-refractivity contribution in [2.24, 2.45) is 0 Å². The van der Waals surface area contributed by atoms with Crippen LogP contribution in [0.5, 0.6) is 0 Å². The van der Waals surface area contributed by atoms with Crippen molar-refractivity contribution in [3.05, 3.63) is 17.5 Å². The van der Waals surface area contributed by atoms with Crippen LogP contribution in [0.1, 0.15) is 29.5 Å². The molecular weight excluding hydrogens is 186 g/mol. The number of hydrogen-bond acceptors (Lipinski definition) is 4. The Bertz CT molecular complexity index is 348. The van der Waals surface area contributed by atoms with E-state index in [-0.39, 0.29) is 11.0 Å². The largest absolute Gasteiger partial charge is 0.478 e. The lowest BCUT2D eigenvalue weighted by Crippen LogP contribution is -2.46. The molecule has 1 aromatic rings. The average molecular weight is 197 g/mol. The minimum absolute atomic E-state index is 0.148. The maximum Gasteiger partial charge on any atom is 0.340 e. The summed E-state index contributed by atoms with van der Waals surface area (Å²) in [6, 6.07) is 0. The van der Waals surface area contributed by atoms with Gasteiger partial charge in [0.2, 0.25) is 0 Å². The number of rotatable bonds is 3. The number of ether oxygens (including phenoxy) is 1. The van der Waals surface area contributed by atoms with Gasteiger partial charge in [-0.05, 0) is 6.42 Å². The summed E-state index contributed by atoms with van der Waals surface area (Å²) < 4.78 is 10.1. The zero-order valence-electron chi connectivity index (χ0n) is 7.82. The fraction of sp³-hybridized carbons (Fsp3) is 0.556. The van der Waals surface area contributed by atoms with E-state index in [1.165, 1.54) is 6.20 Å². The van der Waals surface area contributed by atoms with Crippen LogP contribution in [-0.2, 0) is 10.2 Å². The zero-order chi connectivity index (χ0) is 10.2. The van der Waals surface area contributed by atoms with Gasteiger partial charge < -0.3 is 14.4 Å². The minimum Gasteiger partial charge on any atom is -0.478 e. The Morgan fingerprint density at radius 1 is 1.71 bits per heavy atom. The van der Waals surface area contributed by atoms with Crippen LogP contribution in [0, 0.1) is 0 Å². The van der Waals surface area contributed by atoms with E-state index in [2.05, 4.69) is 5.16 Å². The normalized spacial score (nSPS) is 18.9. The first-order valence-corrected chi connectivity index (χ1v) is 4.46. The molecule has 0 amide bonds. The van der Waals surface area contributed by atoms with E-state index in [9.17, 15) is 4.79 Å². The van der Waals surface area contributed by atoms with Gasteiger partial charge in [-0.2, -0.15) is 0 Å². The molecule has 0 atom stereocenters. The summed E-state index contributed by atoms with van der Waals surface area (Å²) in [4.78, 5) is 10.8. The van der Waals surface area contributed by atoms with Gasteiger partial charge in [-0.3, -0.25) is 0 Å². The monoisotopic (exact) mass is 197 g/mol. The van der Waals surface area contributed by atoms with Crippen LogP contribution in [0.25, 0.3) is 0 Å². The lowest BCUT2D eigenvalue weighted by Gasteiger charge is -2.38. The second-order valence-corrected chi connectivity index (χ2v) is 3.50. The van der Waals surface area contributed by atoms with Gasteiger partial charge in [0.05, 0.1) is 24.8 Å². The predicted octanol–water partition coefficient (Wildman–Crippen LogP) is 1.05. The lowest BCUT2D eigenvalue weighted by atomic mass is 9.79. The predicted molar refractivity (Wildman–Crippen MR) is 46.3 cm³/mol. The van der Waals surface area contributed by atoms with Gasteiger partial charge in [-0.15, -0.1) is 0 Å². The van der Waals surface area contributed by atoms with Crippen molar-refractivity contribution in [3.63, 3.8) is 0 Å². The van der Waals surface area contributed by atoms with E-state index in [0.717, 1.165) is 6.42 Å². The molecule has 0 saturated carbocycles. The molecule has 0 spiro atoms. The fourth-order valence-corrected chi connectivity index (χ4v) is 1.62.